The SMILES string of the molecule is CC(C)(C)NCC1CCCN(C2CCOC2)C1. The highest BCUT2D eigenvalue weighted by Gasteiger charge is 2.28. The molecule has 0 bridgehead atoms. The molecule has 100 valence electrons. The van der Waals surface area contributed by atoms with Gasteiger partial charge in [-0.3, -0.25) is 4.90 Å². The zero-order valence-electron chi connectivity index (χ0n) is 11.7. The van der Waals surface area contributed by atoms with Crippen molar-refractivity contribution < 1.29 is 4.74 Å². The van der Waals surface area contributed by atoms with Crippen molar-refractivity contribution in [1.82, 2.24) is 10.2 Å². The summed E-state index contributed by atoms with van der Waals surface area (Å²) in [6.07, 6.45) is 3.97. The fraction of sp³-hybridized carbons (Fsp3) is 1.00. The highest BCUT2D eigenvalue weighted by molar-refractivity contribution is 4.83. The summed E-state index contributed by atoms with van der Waals surface area (Å²) in [6.45, 7) is 12.4. The van der Waals surface area contributed by atoms with Crippen LogP contribution in [0.15, 0.2) is 0 Å². The van der Waals surface area contributed by atoms with Crippen LogP contribution in [0.25, 0.3) is 0 Å². The quantitative estimate of drug-likeness (QED) is 0.815. The minimum atomic E-state index is 0.249. The maximum Gasteiger partial charge on any atom is 0.0622 e. The van der Waals surface area contributed by atoms with Gasteiger partial charge in [0.25, 0.3) is 0 Å². The molecule has 0 radical (unpaired) electrons. The van der Waals surface area contributed by atoms with Gasteiger partial charge < -0.3 is 10.1 Å². The molecule has 2 unspecified atom stereocenters. The van der Waals surface area contributed by atoms with Crippen LogP contribution in [-0.4, -0.2) is 49.3 Å². The van der Waals surface area contributed by atoms with Crippen LogP contribution in [0.3, 0.4) is 0 Å². The monoisotopic (exact) mass is 240 g/mol. The van der Waals surface area contributed by atoms with Gasteiger partial charge >= 0.3 is 0 Å². The van der Waals surface area contributed by atoms with Gasteiger partial charge in [0, 0.05) is 24.7 Å². The van der Waals surface area contributed by atoms with E-state index in [1.54, 1.807) is 0 Å². The lowest BCUT2D eigenvalue weighted by Gasteiger charge is -2.37. The summed E-state index contributed by atoms with van der Waals surface area (Å²) in [7, 11) is 0. The zero-order valence-corrected chi connectivity index (χ0v) is 11.7. The Balaban J connectivity index is 1.76. The molecule has 0 aromatic carbocycles. The second-order valence-corrected chi connectivity index (χ2v) is 6.65. The van der Waals surface area contributed by atoms with Crippen molar-refractivity contribution in [1.29, 1.82) is 0 Å². The molecule has 0 saturated carbocycles. The summed E-state index contributed by atoms with van der Waals surface area (Å²) in [5.74, 6) is 0.823. The molecule has 17 heavy (non-hydrogen) atoms. The average molecular weight is 240 g/mol. The average Bonchev–Trinajstić information content (AvgIpc) is 2.79. The van der Waals surface area contributed by atoms with Crippen LogP contribution in [0.1, 0.15) is 40.0 Å². The van der Waals surface area contributed by atoms with Crippen molar-refractivity contribution in [2.45, 2.75) is 51.6 Å². The van der Waals surface area contributed by atoms with E-state index in [0.717, 1.165) is 25.7 Å². The molecule has 0 aromatic rings. The predicted molar refractivity (Wildman–Crippen MR) is 71.3 cm³/mol. The normalized spacial score (nSPS) is 31.9. The molecule has 0 aliphatic carbocycles. The fourth-order valence-electron chi connectivity index (χ4n) is 2.86. The van der Waals surface area contributed by atoms with E-state index in [1.165, 1.54) is 32.4 Å². The first kappa shape index (κ1) is 13.3. The molecule has 2 rings (SSSR count). The van der Waals surface area contributed by atoms with Gasteiger partial charge in [-0.1, -0.05) is 0 Å². The molecule has 2 saturated heterocycles. The lowest BCUT2D eigenvalue weighted by Crippen LogP contribution is -2.47. The third-order valence-corrected chi connectivity index (χ3v) is 3.89. The third kappa shape index (κ3) is 4.23. The number of likely N-dealkylation sites (tertiary alicyclic amines) is 1. The van der Waals surface area contributed by atoms with Gasteiger partial charge in [0.1, 0.15) is 0 Å². The van der Waals surface area contributed by atoms with E-state index in [4.69, 9.17) is 4.74 Å². The Hall–Kier alpha value is -0.120. The zero-order chi connectivity index (χ0) is 12.3. The molecule has 2 heterocycles. The van der Waals surface area contributed by atoms with E-state index in [9.17, 15) is 0 Å². The van der Waals surface area contributed by atoms with Crippen LogP contribution in [-0.2, 0) is 4.74 Å². The first-order valence-corrected chi connectivity index (χ1v) is 7.11. The van der Waals surface area contributed by atoms with Gasteiger partial charge in [-0.15, -0.1) is 0 Å². The molecule has 1 N–H and O–H groups in total. The standard InChI is InChI=1S/C14H28N2O/c1-14(2,3)15-9-12-5-4-7-16(10-12)13-6-8-17-11-13/h12-13,15H,4-11H2,1-3H3. The first-order valence-electron chi connectivity index (χ1n) is 7.11. The number of ether oxygens (including phenoxy) is 1. The van der Waals surface area contributed by atoms with Crippen molar-refractivity contribution in [3.63, 3.8) is 0 Å². The Kier molecular flexibility index (Phi) is 4.45. The number of nitrogens with zero attached hydrogens (tertiary/aromatic N) is 1. The summed E-state index contributed by atoms with van der Waals surface area (Å²) < 4.78 is 5.50. The first-order chi connectivity index (χ1) is 8.04. The topological polar surface area (TPSA) is 24.5 Å². The highest BCUT2D eigenvalue weighted by Crippen LogP contribution is 2.22. The van der Waals surface area contributed by atoms with Crippen LogP contribution in [0.2, 0.25) is 0 Å². The molecule has 3 nitrogen and oxygen atoms in total. The van der Waals surface area contributed by atoms with Gasteiger partial charge in [-0.2, -0.15) is 0 Å². The highest BCUT2D eigenvalue weighted by atomic mass is 16.5. The Bertz CT molecular complexity index is 231. The Morgan fingerprint density at radius 2 is 2.12 bits per heavy atom. The van der Waals surface area contributed by atoms with Crippen LogP contribution in [0, 0.1) is 5.92 Å². The van der Waals surface area contributed by atoms with E-state index >= 15 is 0 Å². The molecule has 2 fully saturated rings. The van der Waals surface area contributed by atoms with Gasteiger partial charge in [0.05, 0.1) is 6.61 Å². The largest absolute Gasteiger partial charge is 0.380 e. The van der Waals surface area contributed by atoms with Crippen LogP contribution >= 0.6 is 0 Å². The fourth-order valence-corrected chi connectivity index (χ4v) is 2.86. The van der Waals surface area contributed by atoms with Crippen molar-refractivity contribution in [2.75, 3.05) is 32.8 Å². The van der Waals surface area contributed by atoms with Crippen LogP contribution in [0.4, 0.5) is 0 Å². The molecular weight excluding hydrogens is 212 g/mol. The molecule has 3 heteroatoms. The number of hydrogen-bond acceptors (Lipinski definition) is 3. The number of piperidine rings is 1. The van der Waals surface area contributed by atoms with E-state index in [1.807, 2.05) is 0 Å². The molecule has 2 atom stereocenters. The summed E-state index contributed by atoms with van der Waals surface area (Å²) in [5, 5.41) is 3.64. The summed E-state index contributed by atoms with van der Waals surface area (Å²) in [4.78, 5) is 2.66. The van der Waals surface area contributed by atoms with Crippen molar-refractivity contribution in [3.05, 3.63) is 0 Å². The molecule has 2 aliphatic rings. The summed E-state index contributed by atoms with van der Waals surface area (Å²) in [6, 6.07) is 0.701. The lowest BCUT2D eigenvalue weighted by molar-refractivity contribution is 0.100. The minimum absolute atomic E-state index is 0.249. The molecular formula is C14H28N2O. The van der Waals surface area contributed by atoms with Crippen LogP contribution in [0.5, 0.6) is 0 Å². The number of rotatable bonds is 3. The van der Waals surface area contributed by atoms with E-state index in [0.29, 0.717) is 6.04 Å². The smallest absolute Gasteiger partial charge is 0.0622 e. The maximum absolute atomic E-state index is 5.50. The van der Waals surface area contributed by atoms with E-state index in [-0.39, 0.29) is 5.54 Å². The third-order valence-electron chi connectivity index (χ3n) is 3.89. The van der Waals surface area contributed by atoms with Gasteiger partial charge in [0.2, 0.25) is 0 Å². The molecule has 0 spiro atoms. The lowest BCUT2D eigenvalue weighted by atomic mass is 9.95. The van der Waals surface area contributed by atoms with Crippen molar-refractivity contribution in [2.24, 2.45) is 5.92 Å². The minimum Gasteiger partial charge on any atom is -0.380 e. The Labute approximate surface area is 106 Å². The van der Waals surface area contributed by atoms with Gasteiger partial charge in [-0.05, 0) is 59.0 Å². The summed E-state index contributed by atoms with van der Waals surface area (Å²) in [5.41, 5.74) is 0.249. The van der Waals surface area contributed by atoms with E-state index < -0.39 is 0 Å². The Morgan fingerprint density at radius 1 is 1.29 bits per heavy atom. The number of hydrogen-bond donors (Lipinski definition) is 1. The van der Waals surface area contributed by atoms with Gasteiger partial charge in [-0.25, -0.2) is 0 Å². The molecule has 0 aromatic heterocycles. The van der Waals surface area contributed by atoms with Crippen molar-refractivity contribution in [3.8, 4) is 0 Å². The number of nitrogens with one attached hydrogen (secondary N) is 1. The van der Waals surface area contributed by atoms with Crippen molar-refractivity contribution >= 4 is 0 Å². The second kappa shape index (κ2) is 5.68. The molecule has 0 amide bonds. The Morgan fingerprint density at radius 3 is 2.76 bits per heavy atom. The maximum atomic E-state index is 5.50. The predicted octanol–water partition coefficient (Wildman–Crippen LogP) is 1.88. The summed E-state index contributed by atoms with van der Waals surface area (Å²) >= 11 is 0. The van der Waals surface area contributed by atoms with E-state index in [2.05, 4.69) is 31.0 Å². The molecule has 2 aliphatic heterocycles. The second-order valence-electron chi connectivity index (χ2n) is 6.65. The van der Waals surface area contributed by atoms with Gasteiger partial charge in [0.15, 0.2) is 0 Å². The van der Waals surface area contributed by atoms with Crippen LogP contribution < -0.4 is 5.32 Å².